The summed E-state index contributed by atoms with van der Waals surface area (Å²) in [7, 11) is 1.45. The van der Waals surface area contributed by atoms with Crippen LogP contribution in [0, 0.1) is 10.1 Å². The van der Waals surface area contributed by atoms with E-state index in [4.69, 9.17) is 9.47 Å². The van der Waals surface area contributed by atoms with Gasteiger partial charge < -0.3 is 9.47 Å². The van der Waals surface area contributed by atoms with E-state index < -0.39 is 11.0 Å². The summed E-state index contributed by atoms with van der Waals surface area (Å²) >= 11 is 0. The molecule has 19 heavy (non-hydrogen) atoms. The summed E-state index contributed by atoms with van der Waals surface area (Å²) in [6.45, 7) is 8.20. The van der Waals surface area contributed by atoms with Crippen LogP contribution in [-0.2, 0) is 15.8 Å². The molecule has 0 radical (unpaired) electrons. The molecule has 0 fully saturated rings. The van der Waals surface area contributed by atoms with Crippen LogP contribution in [0.3, 0.4) is 0 Å². The largest absolute Gasteiger partial charge is 0.490 e. The van der Waals surface area contributed by atoms with E-state index in [9.17, 15) is 10.1 Å². The number of nitro benzene ring substituents is 1. The molecule has 0 aliphatic carbocycles. The van der Waals surface area contributed by atoms with E-state index >= 15 is 0 Å². The monoisotopic (exact) mass is 265 g/mol. The van der Waals surface area contributed by atoms with Crippen LogP contribution < -0.4 is 4.74 Å². The van der Waals surface area contributed by atoms with Crippen molar-refractivity contribution in [1.29, 1.82) is 0 Å². The van der Waals surface area contributed by atoms with Crippen LogP contribution in [0.4, 0.5) is 5.69 Å². The van der Waals surface area contributed by atoms with Gasteiger partial charge in [-0.05, 0) is 25.5 Å². The van der Waals surface area contributed by atoms with Crippen LogP contribution in [0.5, 0.6) is 5.75 Å². The molecule has 0 spiro atoms. The molecule has 0 saturated carbocycles. The summed E-state index contributed by atoms with van der Waals surface area (Å²) in [5, 5.41) is 11.4. The van der Waals surface area contributed by atoms with Crippen LogP contribution in [0.15, 0.2) is 12.1 Å². The quantitative estimate of drug-likeness (QED) is 0.608. The second kappa shape index (κ2) is 4.20. The highest BCUT2D eigenvalue weighted by Gasteiger charge is 2.44. The topological polar surface area (TPSA) is 61.6 Å². The van der Waals surface area contributed by atoms with E-state index in [-0.39, 0.29) is 10.6 Å². The molecule has 2 rings (SSSR count). The van der Waals surface area contributed by atoms with Crippen LogP contribution in [0.1, 0.15) is 38.8 Å². The Morgan fingerprint density at radius 2 is 1.95 bits per heavy atom. The zero-order valence-electron chi connectivity index (χ0n) is 11.9. The first-order valence-electron chi connectivity index (χ1n) is 6.21. The lowest BCUT2D eigenvalue weighted by atomic mass is 9.74. The van der Waals surface area contributed by atoms with Gasteiger partial charge in [0.05, 0.1) is 24.2 Å². The van der Waals surface area contributed by atoms with Crippen molar-refractivity contribution in [2.75, 3.05) is 13.7 Å². The summed E-state index contributed by atoms with van der Waals surface area (Å²) in [5.41, 5.74) is 0.690. The minimum Gasteiger partial charge on any atom is -0.490 e. The highest BCUT2D eigenvalue weighted by atomic mass is 16.6. The van der Waals surface area contributed by atoms with Crippen LogP contribution in [-0.4, -0.2) is 18.6 Å². The molecule has 0 unspecified atom stereocenters. The third-order valence-corrected chi connectivity index (χ3v) is 3.66. The van der Waals surface area contributed by atoms with Gasteiger partial charge in [-0.3, -0.25) is 10.1 Å². The number of hydrogen-bond donors (Lipinski definition) is 0. The summed E-state index contributed by atoms with van der Waals surface area (Å²) in [5.74, 6) is 0.300. The lowest BCUT2D eigenvalue weighted by Crippen LogP contribution is -2.40. The molecule has 1 aliphatic rings. The van der Waals surface area contributed by atoms with Crippen LogP contribution >= 0.6 is 0 Å². The lowest BCUT2D eigenvalue weighted by molar-refractivity contribution is -0.387. The molecule has 104 valence electrons. The zero-order chi connectivity index (χ0) is 14.4. The average molecular weight is 265 g/mol. The maximum atomic E-state index is 11.4. The maximum Gasteiger partial charge on any atom is 0.315 e. The Kier molecular flexibility index (Phi) is 3.05. The second-order valence-corrected chi connectivity index (χ2v) is 5.98. The molecule has 1 heterocycles. The third-order valence-electron chi connectivity index (χ3n) is 3.66. The molecular formula is C14H19NO4. The van der Waals surface area contributed by atoms with Gasteiger partial charge in [-0.2, -0.15) is 0 Å². The van der Waals surface area contributed by atoms with Gasteiger partial charge in [0.15, 0.2) is 5.75 Å². The predicted octanol–water partition coefficient (Wildman–Crippen LogP) is 3.15. The van der Waals surface area contributed by atoms with Crippen molar-refractivity contribution in [2.24, 2.45) is 0 Å². The standard InChI is InChI=1S/C14H19NO4/c1-13(2)8-19-14(3,4)9-6-7-10(18-5)12(11(9)13)15(16)17/h6-7H,8H2,1-5H3. The molecule has 0 atom stereocenters. The third kappa shape index (κ3) is 2.08. The summed E-state index contributed by atoms with van der Waals surface area (Å²) < 4.78 is 11.0. The van der Waals surface area contributed by atoms with Crippen molar-refractivity contribution in [2.45, 2.75) is 38.7 Å². The van der Waals surface area contributed by atoms with Gasteiger partial charge >= 0.3 is 5.69 Å². The number of fused-ring (bicyclic) bond motifs is 1. The first-order chi connectivity index (χ1) is 8.70. The Labute approximate surface area is 112 Å². The fraction of sp³-hybridized carbons (Fsp3) is 0.571. The molecule has 5 heteroatoms. The van der Waals surface area contributed by atoms with Crippen molar-refractivity contribution in [3.63, 3.8) is 0 Å². The molecule has 0 saturated heterocycles. The van der Waals surface area contributed by atoms with E-state index in [0.29, 0.717) is 17.9 Å². The molecule has 5 nitrogen and oxygen atoms in total. The van der Waals surface area contributed by atoms with Gasteiger partial charge in [0.25, 0.3) is 0 Å². The number of rotatable bonds is 2. The number of benzene rings is 1. The molecule has 1 aromatic carbocycles. The average Bonchev–Trinajstić information content (AvgIpc) is 2.33. The maximum absolute atomic E-state index is 11.4. The van der Waals surface area contributed by atoms with Crippen molar-refractivity contribution >= 4 is 5.69 Å². The Bertz CT molecular complexity index is 534. The van der Waals surface area contributed by atoms with Gasteiger partial charge in [0.2, 0.25) is 0 Å². The van der Waals surface area contributed by atoms with Crippen molar-refractivity contribution in [3.05, 3.63) is 33.4 Å². The molecule has 1 aromatic rings. The van der Waals surface area contributed by atoms with E-state index in [2.05, 4.69) is 0 Å². The number of ether oxygens (including phenoxy) is 2. The highest BCUT2D eigenvalue weighted by Crippen LogP contribution is 2.48. The van der Waals surface area contributed by atoms with Crippen LogP contribution in [0.2, 0.25) is 0 Å². The molecule has 0 bridgehead atoms. The highest BCUT2D eigenvalue weighted by molar-refractivity contribution is 5.61. The molecule has 0 N–H and O–H groups in total. The molecule has 0 amide bonds. The lowest BCUT2D eigenvalue weighted by Gasteiger charge is -2.41. The fourth-order valence-corrected chi connectivity index (χ4v) is 2.62. The van der Waals surface area contributed by atoms with Gasteiger partial charge in [-0.15, -0.1) is 0 Å². The van der Waals surface area contributed by atoms with Gasteiger partial charge in [0, 0.05) is 11.0 Å². The van der Waals surface area contributed by atoms with Crippen LogP contribution in [0.25, 0.3) is 0 Å². The number of methoxy groups -OCH3 is 1. The predicted molar refractivity (Wildman–Crippen MR) is 71.7 cm³/mol. The normalized spacial score (nSPS) is 19.6. The van der Waals surface area contributed by atoms with Gasteiger partial charge in [-0.25, -0.2) is 0 Å². The second-order valence-electron chi connectivity index (χ2n) is 5.98. The summed E-state index contributed by atoms with van der Waals surface area (Å²) in [6.07, 6.45) is 0. The Morgan fingerprint density at radius 1 is 1.32 bits per heavy atom. The first-order valence-corrected chi connectivity index (χ1v) is 6.21. The van der Waals surface area contributed by atoms with E-state index in [1.807, 2.05) is 33.8 Å². The molecule has 1 aliphatic heterocycles. The molecular weight excluding hydrogens is 246 g/mol. The number of nitro groups is 1. The fourth-order valence-electron chi connectivity index (χ4n) is 2.62. The molecule has 0 aromatic heterocycles. The van der Waals surface area contributed by atoms with E-state index in [0.717, 1.165) is 5.56 Å². The van der Waals surface area contributed by atoms with Crippen molar-refractivity contribution in [1.82, 2.24) is 0 Å². The minimum atomic E-state index is -0.526. The number of nitrogens with zero attached hydrogens (tertiary/aromatic N) is 1. The Hall–Kier alpha value is -1.62. The summed E-state index contributed by atoms with van der Waals surface area (Å²) in [4.78, 5) is 11.1. The van der Waals surface area contributed by atoms with Crippen molar-refractivity contribution < 1.29 is 14.4 Å². The SMILES string of the molecule is COc1ccc2c(c1[N+](=O)[O-])C(C)(C)COC2(C)C. The summed E-state index contributed by atoms with van der Waals surface area (Å²) in [6, 6.07) is 3.51. The van der Waals surface area contributed by atoms with Crippen molar-refractivity contribution in [3.8, 4) is 5.75 Å². The van der Waals surface area contributed by atoms with E-state index in [1.165, 1.54) is 7.11 Å². The Morgan fingerprint density at radius 3 is 2.47 bits per heavy atom. The smallest absolute Gasteiger partial charge is 0.315 e. The minimum absolute atomic E-state index is 0.0568. The van der Waals surface area contributed by atoms with Gasteiger partial charge in [-0.1, -0.05) is 19.9 Å². The Balaban J connectivity index is 2.83. The number of hydrogen-bond acceptors (Lipinski definition) is 4. The van der Waals surface area contributed by atoms with E-state index in [1.54, 1.807) is 6.07 Å². The zero-order valence-corrected chi connectivity index (χ0v) is 11.9. The van der Waals surface area contributed by atoms with Gasteiger partial charge in [0.1, 0.15) is 0 Å². The first kappa shape index (κ1) is 13.8.